The molecule has 0 saturated heterocycles. The molecule has 0 amide bonds. The molecule has 0 saturated carbocycles. The first-order chi connectivity index (χ1) is 43.6. The second-order valence-corrected chi connectivity index (χ2v) is 31.5. The molecule has 0 spiro atoms. The largest absolute Gasteiger partial charge is 0.466 e. The van der Waals surface area contributed by atoms with Crippen molar-refractivity contribution in [2.45, 2.75) is 304 Å². The summed E-state index contributed by atoms with van der Waals surface area (Å²) in [5, 5.41) is 0. The minimum atomic E-state index is -1.30. The van der Waals surface area contributed by atoms with Crippen LogP contribution in [0.4, 0.5) is 0 Å². The first-order valence-electron chi connectivity index (χ1n) is 35.9. The molecule has 0 radical (unpaired) electrons. The predicted molar refractivity (Wildman–Crippen MR) is 387 cm³/mol. The van der Waals surface area contributed by atoms with Crippen molar-refractivity contribution < 1.29 is 37.2 Å². The molecule has 0 fully saturated rings. The van der Waals surface area contributed by atoms with E-state index < -0.39 is 15.2 Å². The van der Waals surface area contributed by atoms with Crippen LogP contribution in [0.1, 0.15) is 308 Å². The van der Waals surface area contributed by atoms with Crippen LogP contribution in [-0.2, 0) is 37.3 Å². The van der Waals surface area contributed by atoms with Crippen molar-refractivity contribution >= 4 is 49.9 Å². The molecule has 2 atom stereocenters. The van der Waals surface area contributed by atoms with Gasteiger partial charge in [0, 0.05) is 29.8 Å². The van der Waals surface area contributed by atoms with E-state index in [1.165, 1.54) is 151 Å². The zero-order valence-electron chi connectivity index (χ0n) is 56.8. The Kier molecular flexibility index (Phi) is 45.6. The van der Waals surface area contributed by atoms with Crippen LogP contribution in [0.15, 0.2) is 97.1 Å². The summed E-state index contributed by atoms with van der Waals surface area (Å²) in [7, 11) is -2.60. The summed E-state index contributed by atoms with van der Waals surface area (Å²) >= 11 is 3.58. The molecule has 4 aromatic carbocycles. The summed E-state index contributed by atoms with van der Waals surface area (Å²) in [5.74, 6) is 5.22. The van der Waals surface area contributed by atoms with Crippen LogP contribution >= 0.6 is 37.9 Å². The van der Waals surface area contributed by atoms with Gasteiger partial charge in [-0.25, -0.2) is 0 Å². The Balaban J connectivity index is 1.31. The van der Waals surface area contributed by atoms with Gasteiger partial charge in [-0.15, -0.1) is 0 Å². The lowest BCUT2D eigenvalue weighted by Crippen LogP contribution is -2.18. The smallest absolute Gasteiger partial charge is 0.360 e. The SMILES string of the molecule is CCCCCCCCOC(=O)CCCCCCCCSP(Oc1ccc(C(C)(C)c2ccc(OP(Oc3cccc(CCCCCCCC)c3)SCCCCCCCCC(=O)OCCCCCCCC)cc2)cc1)Oc1cccc(CCCCCCCC)c1. The highest BCUT2D eigenvalue weighted by Gasteiger charge is 2.25. The number of carbonyl (C=O) groups is 2. The number of hydrogen-bond acceptors (Lipinski definition) is 10. The lowest BCUT2D eigenvalue weighted by atomic mass is 9.78. The molecule has 0 bridgehead atoms. The molecule has 500 valence electrons. The fourth-order valence-electron chi connectivity index (χ4n) is 11.0. The number of ether oxygens (including phenoxy) is 2. The molecule has 0 aliphatic carbocycles. The minimum Gasteiger partial charge on any atom is -0.466 e. The lowest BCUT2D eigenvalue weighted by molar-refractivity contribution is -0.144. The number of rotatable bonds is 58. The van der Waals surface area contributed by atoms with Crippen LogP contribution < -0.4 is 18.1 Å². The number of benzene rings is 4. The van der Waals surface area contributed by atoms with Gasteiger partial charge >= 0.3 is 27.1 Å². The third-order valence-corrected chi connectivity index (χ3v) is 22.8. The Morgan fingerprint density at radius 3 is 1.01 bits per heavy atom. The molecule has 8 nitrogen and oxygen atoms in total. The molecule has 0 heterocycles. The molecule has 0 aliphatic heterocycles. The van der Waals surface area contributed by atoms with E-state index in [2.05, 4.69) is 139 Å². The third kappa shape index (κ3) is 38.4. The number of esters is 2. The van der Waals surface area contributed by atoms with Crippen molar-refractivity contribution in [2.75, 3.05) is 24.7 Å². The average molecular weight is 1300 g/mol. The Morgan fingerprint density at radius 1 is 0.348 bits per heavy atom. The number of aryl methyl sites for hydroxylation is 2. The Labute approximate surface area is 554 Å². The van der Waals surface area contributed by atoms with E-state index >= 15 is 0 Å². The summed E-state index contributed by atoms with van der Waals surface area (Å²) in [6, 6.07) is 34.5. The molecule has 4 rings (SSSR count). The molecule has 0 aromatic heterocycles. The fraction of sp³-hybridized carbons (Fsp3) is 0.662. The lowest BCUT2D eigenvalue weighted by Gasteiger charge is -2.27. The van der Waals surface area contributed by atoms with Gasteiger partial charge in [0.15, 0.2) is 0 Å². The van der Waals surface area contributed by atoms with E-state index in [-0.39, 0.29) is 17.4 Å². The highest BCUT2D eigenvalue weighted by Crippen LogP contribution is 2.54. The van der Waals surface area contributed by atoms with E-state index in [0.29, 0.717) is 26.1 Å². The van der Waals surface area contributed by atoms with Gasteiger partial charge in [-0.3, -0.25) is 9.59 Å². The standard InChI is InChI=1S/C77H122O8P2S2/c1-7-11-15-19-27-35-45-67-47-43-49-73(65-67)84-86(88-63-41-33-25-23-29-37-51-75(78)80-61-39-31-21-17-13-9-3)82-71-57-53-69(54-58-71)77(5,6)70-55-59-72(60-56-70)83-87(85-74-50-44-48-68(66-74)46-36-28-20-16-12-8-2)89-64-42-34-26-24-30-38-52-76(79)81-62-40-32-22-18-14-10-4/h43-44,47-50,53-60,65-66H,7-42,45-46,51-52,61-64H2,1-6H3. The summed E-state index contributed by atoms with van der Waals surface area (Å²) in [6.45, 7) is 14.7. The molecule has 89 heavy (non-hydrogen) atoms. The van der Waals surface area contributed by atoms with Gasteiger partial charge in [-0.1, -0.05) is 270 Å². The maximum absolute atomic E-state index is 12.3. The molecule has 2 unspecified atom stereocenters. The van der Waals surface area contributed by atoms with Crippen LogP contribution in [-0.4, -0.2) is 36.7 Å². The maximum atomic E-state index is 12.3. The summed E-state index contributed by atoms with van der Waals surface area (Å²) < 4.78 is 38.0. The van der Waals surface area contributed by atoms with Crippen molar-refractivity contribution in [3.63, 3.8) is 0 Å². The van der Waals surface area contributed by atoms with E-state index in [1.807, 2.05) is 0 Å². The van der Waals surface area contributed by atoms with E-state index in [4.69, 9.17) is 27.6 Å². The zero-order chi connectivity index (χ0) is 63.5. The van der Waals surface area contributed by atoms with Crippen LogP contribution in [0, 0.1) is 0 Å². The van der Waals surface area contributed by atoms with Crippen molar-refractivity contribution in [1.82, 2.24) is 0 Å². The molecular weight excluding hydrogens is 1180 g/mol. The van der Waals surface area contributed by atoms with Gasteiger partial charge in [0.1, 0.15) is 23.0 Å². The molecular formula is C77H122O8P2S2. The normalized spacial score (nSPS) is 12.2. The van der Waals surface area contributed by atoms with Crippen molar-refractivity contribution in [1.29, 1.82) is 0 Å². The van der Waals surface area contributed by atoms with E-state index in [1.54, 1.807) is 22.8 Å². The maximum Gasteiger partial charge on any atom is 0.360 e. The number of unbranched alkanes of at least 4 members (excludes halogenated alkanes) is 30. The van der Waals surface area contributed by atoms with Crippen LogP contribution in [0.25, 0.3) is 0 Å². The summed E-state index contributed by atoms with van der Waals surface area (Å²) in [5.41, 5.74) is 4.77. The molecule has 0 aliphatic rings. The molecule has 12 heteroatoms. The molecule has 4 aromatic rings. The topological polar surface area (TPSA) is 89.5 Å². The zero-order valence-corrected chi connectivity index (χ0v) is 60.2. The first kappa shape index (κ1) is 78.0. The quantitative estimate of drug-likeness (QED) is 0.0242. The fourth-order valence-corrected chi connectivity index (χ4v) is 16.7. The second kappa shape index (κ2) is 52.0. The van der Waals surface area contributed by atoms with E-state index in [9.17, 15) is 9.59 Å². The van der Waals surface area contributed by atoms with Gasteiger partial charge in [0.05, 0.1) is 13.2 Å². The number of hydrogen-bond donors (Lipinski definition) is 0. The van der Waals surface area contributed by atoms with Gasteiger partial charge in [0.25, 0.3) is 0 Å². The first-order valence-corrected chi connectivity index (χ1v) is 41.4. The highest BCUT2D eigenvalue weighted by atomic mass is 32.7. The van der Waals surface area contributed by atoms with Crippen molar-refractivity contribution in [2.24, 2.45) is 0 Å². The van der Waals surface area contributed by atoms with Gasteiger partial charge in [-0.05, 0) is 158 Å². The van der Waals surface area contributed by atoms with Gasteiger partial charge < -0.3 is 27.6 Å². The predicted octanol–water partition coefficient (Wildman–Crippen LogP) is 25.9. The van der Waals surface area contributed by atoms with Gasteiger partial charge in [-0.2, -0.15) is 0 Å². The summed E-state index contributed by atoms with van der Waals surface area (Å²) in [6.07, 6.45) is 46.0. The van der Waals surface area contributed by atoms with Crippen molar-refractivity contribution in [3.8, 4) is 23.0 Å². The second-order valence-electron chi connectivity index (χ2n) is 25.2. The monoisotopic (exact) mass is 1300 g/mol. The average Bonchev–Trinajstić information content (AvgIpc) is 1.25. The number of carbonyl (C=O) groups excluding carboxylic acids is 2. The third-order valence-electron chi connectivity index (χ3n) is 16.8. The van der Waals surface area contributed by atoms with Gasteiger partial charge in [0.2, 0.25) is 0 Å². The van der Waals surface area contributed by atoms with Crippen LogP contribution in [0.5, 0.6) is 23.0 Å². The Bertz CT molecular complexity index is 2190. The van der Waals surface area contributed by atoms with Crippen LogP contribution in [0.3, 0.4) is 0 Å². The minimum absolute atomic E-state index is 0.0372. The molecule has 0 N–H and O–H groups in total. The Hall–Kier alpha value is -3.42. The van der Waals surface area contributed by atoms with Crippen molar-refractivity contribution in [3.05, 3.63) is 119 Å². The Morgan fingerprint density at radius 2 is 0.652 bits per heavy atom. The van der Waals surface area contributed by atoms with Crippen LogP contribution in [0.2, 0.25) is 0 Å². The summed E-state index contributed by atoms with van der Waals surface area (Å²) in [4.78, 5) is 24.5. The highest BCUT2D eigenvalue weighted by molar-refractivity contribution is 8.53. The van der Waals surface area contributed by atoms with E-state index in [0.717, 1.165) is 150 Å².